The number of aliphatic hydroxyl groups is 1. The summed E-state index contributed by atoms with van der Waals surface area (Å²) in [5.41, 5.74) is 8.11. The van der Waals surface area contributed by atoms with Crippen molar-refractivity contribution in [3.63, 3.8) is 0 Å². The molecule has 11 nitrogen and oxygen atoms in total. The molecule has 6 rings (SSSR count). The number of fused-ring (bicyclic) bond motifs is 1. The number of hydrogen-bond acceptors (Lipinski definition) is 7. The summed E-state index contributed by atoms with van der Waals surface area (Å²) >= 11 is 0. The molecule has 1 saturated heterocycles. The number of sulfonamides is 1. The van der Waals surface area contributed by atoms with E-state index in [2.05, 4.69) is 9.84 Å². The maximum atomic E-state index is 13.4. The van der Waals surface area contributed by atoms with Crippen molar-refractivity contribution < 1.29 is 36.2 Å². The van der Waals surface area contributed by atoms with Crippen molar-refractivity contribution in [1.29, 1.82) is 0 Å². The lowest BCUT2D eigenvalue weighted by Gasteiger charge is -2.32. The van der Waals surface area contributed by atoms with Gasteiger partial charge in [-0.15, -0.1) is 13.2 Å². The molecule has 3 N–H and O–H groups in total. The van der Waals surface area contributed by atoms with Crippen LogP contribution < -0.4 is 10.5 Å². The number of rotatable bonds is 9. The number of amides is 1. The van der Waals surface area contributed by atoms with E-state index in [0.717, 1.165) is 35.6 Å². The average Bonchev–Trinajstić information content (AvgIpc) is 3.62. The van der Waals surface area contributed by atoms with Crippen molar-refractivity contribution >= 4 is 26.8 Å². The van der Waals surface area contributed by atoms with Gasteiger partial charge in [0.05, 0.1) is 35.7 Å². The lowest BCUT2D eigenvalue weighted by Crippen LogP contribution is -2.41. The minimum absolute atomic E-state index is 0.0564. The molecule has 0 bridgehead atoms. The summed E-state index contributed by atoms with van der Waals surface area (Å²) in [5, 5.41) is 16.4. The predicted octanol–water partition coefficient (Wildman–Crippen LogP) is 4.01. The van der Waals surface area contributed by atoms with Crippen molar-refractivity contribution in [1.82, 2.24) is 23.6 Å². The van der Waals surface area contributed by atoms with Crippen LogP contribution in [0.3, 0.4) is 0 Å². The summed E-state index contributed by atoms with van der Waals surface area (Å²) in [7, 11) is -1.53. The van der Waals surface area contributed by atoms with Gasteiger partial charge in [-0.25, -0.2) is 17.7 Å². The number of nitrogens with zero attached hydrogens (tertiary/aromatic N) is 5. The summed E-state index contributed by atoms with van der Waals surface area (Å²) < 4.78 is 73.1. The Labute approximate surface area is 257 Å². The zero-order valence-corrected chi connectivity index (χ0v) is 25.5. The molecule has 45 heavy (non-hydrogen) atoms. The Hall–Kier alpha value is -3.95. The molecule has 1 aliphatic carbocycles. The van der Waals surface area contributed by atoms with Crippen LogP contribution >= 0.6 is 0 Å². The molecule has 2 aliphatic rings. The molecular formula is C30H33F3N6O5S. The minimum Gasteiger partial charge on any atom is -0.405 e. The topological polar surface area (TPSA) is 146 Å². The molecule has 15 heteroatoms. The highest BCUT2D eigenvalue weighted by atomic mass is 32.2. The molecule has 3 heterocycles. The van der Waals surface area contributed by atoms with Crippen LogP contribution in [0, 0.1) is 5.92 Å². The lowest BCUT2D eigenvalue weighted by molar-refractivity contribution is -0.274. The van der Waals surface area contributed by atoms with Crippen LogP contribution in [0.2, 0.25) is 0 Å². The number of aliphatic hydroxyl groups excluding tert-OH is 1. The standard InChI is InChI=1S/C30H33F3N6O5S/c1-37-27(18-6-7-18)26(35-29(37)21-9-8-19(28(34)41)14-25(21)44-30(31,32)33)20-4-3-5-23-22(20)15-38(36-23)16-24(40)17-10-12-39(13-11-17)45(2,42)43/h3-5,8-9,14-15,17-18,24,40H,6-7,10-13,16H2,1-2H3,(H2,34,41). The van der Waals surface area contributed by atoms with Crippen molar-refractivity contribution in [3.05, 3.63) is 53.9 Å². The maximum Gasteiger partial charge on any atom is 0.573 e. The van der Waals surface area contributed by atoms with Crippen LogP contribution in [0.4, 0.5) is 13.2 Å². The first-order chi connectivity index (χ1) is 21.2. The molecule has 1 amide bonds. The highest BCUT2D eigenvalue weighted by Crippen LogP contribution is 2.47. The number of benzene rings is 2. The fraction of sp³-hybridized carbons (Fsp3) is 0.433. The smallest absolute Gasteiger partial charge is 0.405 e. The summed E-state index contributed by atoms with van der Waals surface area (Å²) in [4.78, 5) is 16.6. The van der Waals surface area contributed by atoms with Crippen LogP contribution in [0.5, 0.6) is 5.75 Å². The van der Waals surface area contributed by atoms with Gasteiger partial charge in [-0.3, -0.25) is 9.48 Å². The zero-order chi connectivity index (χ0) is 32.3. The SMILES string of the molecule is Cn1c(-c2ccc(C(N)=O)cc2OC(F)(F)F)nc(-c2cccc3nn(CC(O)C4CCN(S(C)(=O)=O)CC4)cc23)c1C1CC1. The number of piperidine rings is 1. The number of aromatic nitrogens is 4. The van der Waals surface area contributed by atoms with Gasteiger partial charge in [-0.05, 0) is 55.9 Å². The first kappa shape index (κ1) is 31.0. The van der Waals surface area contributed by atoms with Crippen LogP contribution in [0.1, 0.15) is 47.7 Å². The van der Waals surface area contributed by atoms with E-state index >= 15 is 0 Å². The van der Waals surface area contributed by atoms with Crippen molar-refractivity contribution in [2.45, 2.75) is 50.6 Å². The van der Waals surface area contributed by atoms with E-state index in [1.807, 2.05) is 24.4 Å². The van der Waals surface area contributed by atoms with Gasteiger partial charge >= 0.3 is 6.36 Å². The van der Waals surface area contributed by atoms with Gasteiger partial charge in [0.1, 0.15) is 11.6 Å². The van der Waals surface area contributed by atoms with E-state index in [9.17, 15) is 31.5 Å². The number of ether oxygens (including phenoxy) is 1. The van der Waals surface area contributed by atoms with Crippen molar-refractivity contribution in [3.8, 4) is 28.4 Å². The van der Waals surface area contributed by atoms with Crippen LogP contribution in [0.15, 0.2) is 42.6 Å². The number of alkyl halides is 3. The second-order valence-corrected chi connectivity index (χ2v) is 13.8. The zero-order valence-electron chi connectivity index (χ0n) is 24.7. The summed E-state index contributed by atoms with van der Waals surface area (Å²) in [5.74, 6) is -1.15. The van der Waals surface area contributed by atoms with Gasteiger partial charge in [-0.2, -0.15) is 5.10 Å². The minimum atomic E-state index is -5.01. The molecule has 4 aromatic rings. The second kappa shape index (κ2) is 11.4. The third-order valence-electron chi connectivity index (χ3n) is 8.57. The van der Waals surface area contributed by atoms with Gasteiger partial charge in [0.15, 0.2) is 0 Å². The van der Waals surface area contributed by atoms with Gasteiger partial charge in [0, 0.05) is 54.5 Å². The molecule has 2 aromatic heterocycles. The first-order valence-electron chi connectivity index (χ1n) is 14.6. The maximum absolute atomic E-state index is 13.4. The number of hydrogen-bond donors (Lipinski definition) is 2. The third kappa shape index (κ3) is 6.42. The fourth-order valence-electron chi connectivity index (χ4n) is 6.17. The van der Waals surface area contributed by atoms with Crippen LogP contribution in [-0.4, -0.2) is 74.9 Å². The van der Waals surface area contributed by atoms with E-state index in [1.54, 1.807) is 16.3 Å². The Kier molecular flexibility index (Phi) is 7.90. The van der Waals surface area contributed by atoms with E-state index in [4.69, 9.17) is 10.7 Å². The molecule has 1 unspecified atom stereocenters. The number of halogens is 3. The van der Waals surface area contributed by atoms with Gasteiger partial charge in [0.2, 0.25) is 15.9 Å². The summed E-state index contributed by atoms with van der Waals surface area (Å²) in [6.07, 6.45) is 0.159. The van der Waals surface area contributed by atoms with E-state index in [-0.39, 0.29) is 35.3 Å². The predicted molar refractivity (Wildman–Crippen MR) is 160 cm³/mol. The number of nitrogens with two attached hydrogens (primary N) is 1. The molecular weight excluding hydrogens is 613 g/mol. The number of carbonyl (C=O) groups excluding carboxylic acids is 1. The largest absolute Gasteiger partial charge is 0.573 e. The molecule has 0 radical (unpaired) electrons. The van der Waals surface area contributed by atoms with Crippen LogP contribution in [-0.2, 0) is 23.6 Å². The van der Waals surface area contributed by atoms with Gasteiger partial charge in [0.25, 0.3) is 0 Å². The average molecular weight is 647 g/mol. The molecule has 1 atom stereocenters. The van der Waals surface area contributed by atoms with Gasteiger partial charge in [-0.1, -0.05) is 12.1 Å². The Morgan fingerprint density at radius 1 is 1.13 bits per heavy atom. The molecule has 2 fully saturated rings. The summed E-state index contributed by atoms with van der Waals surface area (Å²) in [6, 6.07) is 9.21. The number of primary amides is 1. The molecule has 1 aliphatic heterocycles. The Bertz CT molecular complexity index is 1870. The van der Waals surface area contributed by atoms with E-state index in [0.29, 0.717) is 37.1 Å². The molecule has 2 aromatic carbocycles. The Balaban J connectivity index is 1.35. The lowest BCUT2D eigenvalue weighted by atomic mass is 9.92. The fourth-order valence-corrected chi connectivity index (χ4v) is 7.04. The molecule has 1 saturated carbocycles. The second-order valence-electron chi connectivity index (χ2n) is 11.8. The number of carbonyl (C=O) groups is 1. The third-order valence-corrected chi connectivity index (χ3v) is 9.88. The normalized spacial score (nSPS) is 17.6. The highest BCUT2D eigenvalue weighted by molar-refractivity contribution is 7.88. The monoisotopic (exact) mass is 646 g/mol. The van der Waals surface area contributed by atoms with Crippen LogP contribution in [0.25, 0.3) is 33.5 Å². The van der Waals surface area contributed by atoms with E-state index < -0.39 is 34.1 Å². The Morgan fingerprint density at radius 2 is 1.84 bits per heavy atom. The van der Waals surface area contributed by atoms with E-state index in [1.165, 1.54) is 22.7 Å². The quantitative estimate of drug-likeness (QED) is 0.280. The molecule has 240 valence electrons. The highest BCUT2D eigenvalue weighted by Gasteiger charge is 2.36. The summed E-state index contributed by atoms with van der Waals surface area (Å²) in [6.45, 7) is 0.933. The van der Waals surface area contributed by atoms with Crippen molar-refractivity contribution in [2.24, 2.45) is 18.7 Å². The molecule has 0 spiro atoms. The first-order valence-corrected chi connectivity index (χ1v) is 16.4. The Morgan fingerprint density at radius 3 is 2.47 bits per heavy atom. The van der Waals surface area contributed by atoms with Gasteiger partial charge < -0.3 is 20.1 Å². The number of imidazole rings is 1. The van der Waals surface area contributed by atoms with Crippen molar-refractivity contribution in [2.75, 3.05) is 19.3 Å².